The van der Waals surface area contributed by atoms with Crippen molar-refractivity contribution in [2.45, 2.75) is 95.2 Å². The molecule has 0 aliphatic heterocycles. The minimum Gasteiger partial charge on any atom is -0.482 e. The molecule has 0 saturated heterocycles. The molecule has 8 saturated carbocycles. The lowest BCUT2D eigenvalue weighted by Crippen LogP contribution is -2.53. The van der Waals surface area contributed by atoms with Gasteiger partial charge in [0.2, 0.25) is 0 Å². The molecular weight excluding hydrogens is 813 g/mol. The van der Waals surface area contributed by atoms with Crippen LogP contribution in [0.15, 0.2) is 121 Å². The van der Waals surface area contributed by atoms with Crippen molar-refractivity contribution in [3.63, 3.8) is 0 Å². The van der Waals surface area contributed by atoms with Gasteiger partial charge in [-0.1, -0.05) is 60.2 Å². The summed E-state index contributed by atoms with van der Waals surface area (Å²) in [6.45, 7) is 1.92. The molecule has 2 unspecified atom stereocenters. The minimum absolute atomic E-state index is 0.0876. The van der Waals surface area contributed by atoms with E-state index < -0.39 is 0 Å². The van der Waals surface area contributed by atoms with E-state index in [1.807, 2.05) is 72.8 Å². The molecule has 0 N–H and O–H groups in total. The van der Waals surface area contributed by atoms with Gasteiger partial charge in [0, 0.05) is 0 Å². The molecule has 0 amide bonds. The number of carbonyl (C=O) groups is 2. The summed E-state index contributed by atoms with van der Waals surface area (Å²) < 4.78 is 36.2. The summed E-state index contributed by atoms with van der Waals surface area (Å²) in [6, 6.07) is 39.6. The number of carbonyl (C=O) groups excluding carboxylic acids is 2. The van der Waals surface area contributed by atoms with Crippen molar-refractivity contribution in [2.75, 3.05) is 13.2 Å². The molecule has 8 aliphatic carbocycles. The van der Waals surface area contributed by atoms with Crippen LogP contribution in [-0.4, -0.2) is 36.4 Å². The summed E-state index contributed by atoms with van der Waals surface area (Å²) in [5.41, 5.74) is 5.25. The average Bonchev–Trinajstić information content (AvgIpc) is 3.71. The van der Waals surface area contributed by atoms with E-state index >= 15 is 0 Å². The molecule has 13 rings (SSSR count). The van der Waals surface area contributed by atoms with E-state index in [1.54, 1.807) is 0 Å². The largest absolute Gasteiger partial charge is 0.482 e. The van der Waals surface area contributed by atoms with Gasteiger partial charge in [0.1, 0.15) is 45.7 Å². The molecule has 8 aliphatic rings. The number of allylic oxidation sites excluding steroid dienone is 1. The zero-order valence-corrected chi connectivity index (χ0v) is 37.3. The van der Waals surface area contributed by atoms with Crippen molar-refractivity contribution in [3.8, 4) is 34.5 Å². The third kappa shape index (κ3) is 9.54. The van der Waals surface area contributed by atoms with Crippen LogP contribution in [-0.2, 0) is 25.5 Å². The molecule has 2 atom stereocenters. The van der Waals surface area contributed by atoms with Gasteiger partial charge in [0.15, 0.2) is 13.2 Å². The fourth-order valence-electron chi connectivity index (χ4n) is 13.1. The Hall–Kier alpha value is -6.02. The summed E-state index contributed by atoms with van der Waals surface area (Å²) in [5.74, 6) is 7.85. The number of hydrogen-bond donors (Lipinski definition) is 0. The predicted octanol–water partition coefficient (Wildman–Crippen LogP) is 12.8. The normalized spacial score (nSPS) is 27.9. The second-order valence-electron chi connectivity index (χ2n) is 20.4. The molecule has 5 aromatic rings. The number of rotatable bonds is 16. The Morgan fingerprint density at radius 1 is 0.492 bits per heavy atom. The van der Waals surface area contributed by atoms with Gasteiger partial charge < -0.3 is 28.4 Å². The minimum atomic E-state index is -0.275. The van der Waals surface area contributed by atoms with Crippen LogP contribution in [0.5, 0.6) is 34.5 Å². The van der Waals surface area contributed by atoms with Gasteiger partial charge in [0.25, 0.3) is 0 Å². The molecule has 65 heavy (non-hydrogen) atoms. The zero-order chi connectivity index (χ0) is 44.0. The molecule has 0 heterocycles. The molecule has 0 radical (unpaired) electrons. The van der Waals surface area contributed by atoms with Gasteiger partial charge in [-0.3, -0.25) is 0 Å². The van der Waals surface area contributed by atoms with Gasteiger partial charge >= 0.3 is 11.9 Å². The lowest BCUT2D eigenvalue weighted by molar-refractivity contribution is -0.188. The van der Waals surface area contributed by atoms with Crippen molar-refractivity contribution in [1.29, 1.82) is 0 Å². The molecule has 0 aromatic heterocycles. The Morgan fingerprint density at radius 2 is 0.892 bits per heavy atom. The van der Waals surface area contributed by atoms with Crippen LogP contribution in [0.3, 0.4) is 0 Å². The first kappa shape index (κ1) is 41.7. The second-order valence-corrected chi connectivity index (χ2v) is 20.4. The second kappa shape index (κ2) is 17.4. The van der Waals surface area contributed by atoms with Gasteiger partial charge in [-0.25, -0.2) is 9.59 Å². The first-order chi connectivity index (χ1) is 31.6. The maximum absolute atomic E-state index is 12.9. The third-order valence-electron chi connectivity index (χ3n) is 15.3. The zero-order valence-electron chi connectivity index (χ0n) is 37.3. The van der Waals surface area contributed by atoms with Crippen LogP contribution in [0.1, 0.15) is 92.9 Å². The summed E-state index contributed by atoms with van der Waals surface area (Å²) >= 11 is 0. The molecule has 8 fully saturated rings. The van der Waals surface area contributed by atoms with Crippen LogP contribution >= 0.6 is 0 Å². The van der Waals surface area contributed by atoms with E-state index in [1.165, 1.54) is 43.2 Å². The topological polar surface area (TPSA) is 89.5 Å². The van der Waals surface area contributed by atoms with E-state index in [0.29, 0.717) is 29.4 Å². The standard InChI is InChI=1S/C57H58O8/c1-37-2-4-38(5-3-37)25-45(26-39-6-10-50(11-7-39)62-52-18-14-49(15-19-52)61-36-55(59)65-57-32-43-27-46(33-57)47(28-43)34-57)44-8-12-51(13-9-44)63-53-20-16-48(17-21-53)60-35-54(58)64-56-29-40-22-41(30-56)24-42(23-40)31-56/h2-21,25,40-43,46-47H,22-24,26-36H2,1H3/b45-25-. The maximum Gasteiger partial charge on any atom is 0.344 e. The highest BCUT2D eigenvalue weighted by Gasteiger charge is 2.58. The van der Waals surface area contributed by atoms with Gasteiger partial charge in [-0.15, -0.1) is 0 Å². The maximum atomic E-state index is 12.9. The average molecular weight is 871 g/mol. The highest BCUT2D eigenvalue weighted by atomic mass is 16.6. The summed E-state index contributed by atoms with van der Waals surface area (Å²) in [6.07, 6.45) is 15.7. The Bertz CT molecular complexity index is 2470. The Kier molecular flexibility index (Phi) is 11.2. The van der Waals surface area contributed by atoms with Crippen molar-refractivity contribution in [1.82, 2.24) is 0 Å². The SMILES string of the molecule is Cc1ccc(/C=C(/Cc2ccc(Oc3ccc(OCC(=O)OC45CC6CC(C4)C(C6)C5)cc3)cc2)c2ccc(Oc3ccc(OCC(=O)OC45CC6CC(CC(C6)C4)C5)cc3)cc2)cc1. The van der Waals surface area contributed by atoms with Crippen LogP contribution in [0.25, 0.3) is 11.6 Å². The van der Waals surface area contributed by atoms with Gasteiger partial charge in [0.05, 0.1) is 0 Å². The predicted molar refractivity (Wildman–Crippen MR) is 249 cm³/mol. The highest BCUT2D eigenvalue weighted by Crippen LogP contribution is 2.61. The molecule has 5 aromatic carbocycles. The Morgan fingerprint density at radius 3 is 1.35 bits per heavy atom. The summed E-state index contributed by atoms with van der Waals surface area (Å²) in [7, 11) is 0. The van der Waals surface area contributed by atoms with E-state index in [2.05, 4.69) is 61.5 Å². The summed E-state index contributed by atoms with van der Waals surface area (Å²) in [4.78, 5) is 25.6. The van der Waals surface area contributed by atoms with Crippen LogP contribution in [0.2, 0.25) is 0 Å². The molecule has 8 nitrogen and oxygen atoms in total. The van der Waals surface area contributed by atoms with Gasteiger partial charge in [-0.2, -0.15) is 0 Å². The fraction of sp³-hybridized carbons (Fsp3) is 0.404. The fourth-order valence-corrected chi connectivity index (χ4v) is 13.1. The number of hydrogen-bond acceptors (Lipinski definition) is 8. The number of aryl methyl sites for hydroxylation is 1. The number of ether oxygens (including phenoxy) is 6. The first-order valence-electron chi connectivity index (χ1n) is 23.9. The monoisotopic (exact) mass is 870 g/mol. The van der Waals surface area contributed by atoms with Crippen molar-refractivity contribution >= 4 is 23.6 Å². The molecule has 8 heteroatoms. The molecule has 0 spiro atoms. The van der Waals surface area contributed by atoms with E-state index in [9.17, 15) is 9.59 Å². The molecule has 8 bridgehead atoms. The van der Waals surface area contributed by atoms with Crippen molar-refractivity contribution in [3.05, 3.63) is 144 Å². The Balaban J connectivity index is 0.676. The molecular formula is C57H58O8. The van der Waals surface area contributed by atoms with Crippen LogP contribution in [0.4, 0.5) is 0 Å². The number of esters is 2. The highest BCUT2D eigenvalue weighted by molar-refractivity contribution is 5.83. The smallest absolute Gasteiger partial charge is 0.344 e. The lowest BCUT2D eigenvalue weighted by Gasteiger charge is -2.55. The molecule has 334 valence electrons. The summed E-state index contributed by atoms with van der Waals surface area (Å²) in [5, 5.41) is 0. The lowest BCUT2D eigenvalue weighted by atomic mass is 9.54. The first-order valence-corrected chi connectivity index (χ1v) is 23.9. The Labute approximate surface area is 382 Å². The van der Waals surface area contributed by atoms with Gasteiger partial charge in [-0.05, 0) is 215 Å². The van der Waals surface area contributed by atoms with E-state index in [0.717, 1.165) is 102 Å². The third-order valence-corrected chi connectivity index (χ3v) is 15.3. The van der Waals surface area contributed by atoms with E-state index in [4.69, 9.17) is 28.4 Å². The van der Waals surface area contributed by atoms with Crippen LogP contribution < -0.4 is 18.9 Å². The van der Waals surface area contributed by atoms with Crippen molar-refractivity contribution in [2.24, 2.45) is 35.5 Å². The number of benzene rings is 5. The van der Waals surface area contributed by atoms with Crippen molar-refractivity contribution < 1.29 is 38.0 Å². The van der Waals surface area contributed by atoms with Crippen LogP contribution in [0, 0.1) is 42.4 Å². The van der Waals surface area contributed by atoms with E-state index in [-0.39, 0.29) is 36.4 Å². The quantitative estimate of drug-likeness (QED) is 0.0715.